The highest BCUT2D eigenvalue weighted by Gasteiger charge is 2.53. The maximum Gasteiger partial charge on any atom is 0.327 e. The van der Waals surface area contributed by atoms with Crippen molar-refractivity contribution in [1.29, 1.82) is 0 Å². The van der Waals surface area contributed by atoms with Crippen LogP contribution in [0.4, 0.5) is 11.4 Å². The van der Waals surface area contributed by atoms with E-state index in [0.29, 0.717) is 22.0 Å². The quantitative estimate of drug-likeness (QED) is 0.0941. The molecule has 3 aromatic carbocycles. The monoisotopic (exact) mass is 1060 g/mol. The molecule has 21 heteroatoms. The topological polar surface area (TPSA) is 251 Å². The maximum atomic E-state index is 15.1. The fourth-order valence-electron chi connectivity index (χ4n) is 10.5. The lowest BCUT2D eigenvalue weighted by Crippen LogP contribution is -2.62. The third-order valence-electron chi connectivity index (χ3n) is 14.3. The summed E-state index contributed by atoms with van der Waals surface area (Å²) in [5, 5.41) is 23.6. The van der Waals surface area contributed by atoms with Gasteiger partial charge in [-0.3, -0.25) is 29.0 Å². The van der Waals surface area contributed by atoms with Crippen molar-refractivity contribution in [3.8, 4) is 45.3 Å². The number of pyridine rings is 2. The minimum atomic E-state index is -4.32. The lowest BCUT2D eigenvalue weighted by Gasteiger charge is -2.46. The van der Waals surface area contributed by atoms with E-state index in [1.54, 1.807) is 77.5 Å². The second-order valence-corrected chi connectivity index (χ2v) is 22.5. The van der Waals surface area contributed by atoms with Gasteiger partial charge in [0.25, 0.3) is 33.0 Å². The highest BCUT2D eigenvalue weighted by molar-refractivity contribution is 7.90. The molecule has 6 heterocycles. The van der Waals surface area contributed by atoms with Gasteiger partial charge in [0.2, 0.25) is 0 Å². The van der Waals surface area contributed by atoms with E-state index in [9.17, 15) is 42.6 Å². The van der Waals surface area contributed by atoms with Crippen LogP contribution >= 0.6 is 0 Å². The molecular weight excluding hydrogens is 1000 g/mol. The number of carboxylic acid groups (broad SMARTS) is 2. The summed E-state index contributed by atoms with van der Waals surface area (Å²) in [5.41, 5.74) is -0.446. The Morgan fingerprint density at radius 3 is 1.74 bits per heavy atom. The number of carbonyl (C=O) groups excluding carboxylic acids is 2. The van der Waals surface area contributed by atoms with Crippen LogP contribution in [0.1, 0.15) is 53.5 Å². The zero-order valence-electron chi connectivity index (χ0n) is 43.7. The number of benzene rings is 3. The third-order valence-corrected chi connectivity index (χ3v) is 16.0. The van der Waals surface area contributed by atoms with Crippen LogP contribution in [-0.4, -0.2) is 99.0 Å². The van der Waals surface area contributed by atoms with Crippen LogP contribution in [0.5, 0.6) is 23.0 Å². The summed E-state index contributed by atoms with van der Waals surface area (Å²) < 4.78 is 56.5. The Bertz CT molecular complexity index is 3790. The normalized spacial score (nSPS) is 16.6. The predicted molar refractivity (Wildman–Crippen MR) is 283 cm³/mol. The number of rotatable bonds is 15. The van der Waals surface area contributed by atoms with Crippen LogP contribution in [0.25, 0.3) is 44.1 Å². The Morgan fingerprint density at radius 1 is 0.711 bits per heavy atom. The third kappa shape index (κ3) is 8.51. The molecule has 4 unspecified atom stereocenters. The van der Waals surface area contributed by atoms with Crippen molar-refractivity contribution < 1.29 is 56.8 Å². The Morgan fingerprint density at radius 2 is 1.22 bits per heavy atom. The Kier molecular flexibility index (Phi) is 13.2. The zero-order valence-corrected chi connectivity index (χ0v) is 44.5. The number of ether oxygens (including phenoxy) is 4. The predicted octanol–water partition coefficient (Wildman–Crippen LogP) is 6.94. The van der Waals surface area contributed by atoms with Gasteiger partial charge in [-0.1, -0.05) is 59.2 Å². The van der Waals surface area contributed by atoms with Crippen LogP contribution < -0.4 is 39.9 Å². The van der Waals surface area contributed by atoms with E-state index in [-0.39, 0.29) is 66.9 Å². The molecule has 4 atom stereocenters. The number of carboxylic acids is 2. The number of anilines is 2. The summed E-state index contributed by atoms with van der Waals surface area (Å²) >= 11 is 0. The number of aryl methyl sites for hydroxylation is 3. The Hall–Kier alpha value is -8.33. The molecular formula is C55H58N6O14S. The summed E-state index contributed by atoms with van der Waals surface area (Å²) in [5.74, 6) is -5.16. The summed E-state index contributed by atoms with van der Waals surface area (Å²) in [7, 11) is 1.47. The summed E-state index contributed by atoms with van der Waals surface area (Å²) in [4.78, 5) is 90.5. The van der Waals surface area contributed by atoms with Gasteiger partial charge in [-0.25, -0.2) is 22.0 Å². The van der Waals surface area contributed by atoms with Crippen LogP contribution in [-0.2, 0) is 43.3 Å². The first-order valence-electron chi connectivity index (χ1n) is 24.4. The molecule has 0 saturated carbocycles. The molecule has 2 amide bonds. The number of amides is 2. The molecule has 20 nitrogen and oxygen atoms in total. The van der Waals surface area contributed by atoms with E-state index < -0.39 is 87.3 Å². The second kappa shape index (κ2) is 19.1. The van der Waals surface area contributed by atoms with E-state index >= 15 is 4.79 Å². The first-order valence-corrected chi connectivity index (χ1v) is 25.9. The smallest absolute Gasteiger partial charge is 0.327 e. The van der Waals surface area contributed by atoms with Gasteiger partial charge in [-0.2, -0.15) is 0 Å². The molecule has 3 N–H and O–H groups in total. The molecule has 398 valence electrons. The van der Waals surface area contributed by atoms with Crippen molar-refractivity contribution in [3.05, 3.63) is 112 Å². The van der Waals surface area contributed by atoms with Gasteiger partial charge in [0.15, 0.2) is 23.7 Å². The number of aromatic amines is 1. The van der Waals surface area contributed by atoms with Crippen molar-refractivity contribution in [2.45, 2.75) is 84.1 Å². The molecule has 76 heavy (non-hydrogen) atoms. The second-order valence-electron chi connectivity index (χ2n) is 20.7. The van der Waals surface area contributed by atoms with Crippen LogP contribution in [0, 0.1) is 24.2 Å². The van der Waals surface area contributed by atoms with Crippen molar-refractivity contribution in [1.82, 2.24) is 18.1 Å². The Labute approximate surface area is 436 Å². The lowest BCUT2D eigenvalue weighted by molar-refractivity contribution is -0.147. The fourth-order valence-corrected chi connectivity index (χ4v) is 11.8. The fraction of sp³-hybridized carbons (Fsp3) is 0.345. The minimum absolute atomic E-state index is 0.00310. The minimum Gasteiger partial charge on any atom is -0.497 e. The standard InChI is InChI=1S/C55H58N6O14S/c1-27(2)44-51(64)60(39-22-30(72-10)20-35(46(39)74-44)37-25-57(8)49(62)42-33(37)16-18-56-42)41(53(66)67)24-55(6,7)48(54(68)69)61-40-23-31(73-11)21-36(47(40)75-45(28(3)4)52(61)65)38-26-58(9)50(63)43-34(38)17-19-59(43)76(70,71)32-14-12-29(5)13-15-32/h12-23,25-28,41,44-45,48,56H,24H2,1-11H3,(H,66,67)(H,68,69). The van der Waals surface area contributed by atoms with Gasteiger partial charge >= 0.3 is 11.9 Å². The summed E-state index contributed by atoms with van der Waals surface area (Å²) in [6.07, 6.45) is 2.86. The van der Waals surface area contributed by atoms with E-state index in [1.165, 1.54) is 87.0 Å². The van der Waals surface area contributed by atoms with Gasteiger partial charge in [0.05, 0.1) is 30.5 Å². The number of H-pyrrole nitrogens is 1. The van der Waals surface area contributed by atoms with E-state index in [1.807, 2.05) is 6.92 Å². The van der Waals surface area contributed by atoms with E-state index in [2.05, 4.69) is 4.98 Å². The van der Waals surface area contributed by atoms with Crippen molar-refractivity contribution >= 4 is 67.0 Å². The first kappa shape index (κ1) is 52.5. The molecule has 9 rings (SSSR count). The van der Waals surface area contributed by atoms with Crippen LogP contribution in [0.3, 0.4) is 0 Å². The molecule has 4 aromatic heterocycles. The average Bonchev–Trinajstić information content (AvgIpc) is 4.11. The zero-order chi connectivity index (χ0) is 55.2. The van der Waals surface area contributed by atoms with E-state index in [4.69, 9.17) is 18.9 Å². The van der Waals surface area contributed by atoms with Gasteiger partial charge in [-0.05, 0) is 67.0 Å². The maximum absolute atomic E-state index is 15.1. The van der Waals surface area contributed by atoms with E-state index in [0.717, 1.165) is 19.3 Å². The van der Waals surface area contributed by atoms with Crippen molar-refractivity contribution in [3.63, 3.8) is 0 Å². The van der Waals surface area contributed by atoms with Gasteiger partial charge in [0, 0.05) is 84.0 Å². The molecule has 2 aliphatic heterocycles. The number of fused-ring (bicyclic) bond motifs is 4. The number of aromatic nitrogens is 4. The summed E-state index contributed by atoms with van der Waals surface area (Å²) in [6, 6.07) is 11.8. The number of aliphatic carboxylic acids is 2. The van der Waals surface area contributed by atoms with Crippen molar-refractivity contribution in [2.75, 3.05) is 24.0 Å². The largest absolute Gasteiger partial charge is 0.497 e. The van der Waals surface area contributed by atoms with Gasteiger partial charge in [0.1, 0.15) is 34.6 Å². The molecule has 7 aromatic rings. The molecule has 0 spiro atoms. The number of nitrogens with one attached hydrogen (secondary N) is 1. The molecule has 0 bridgehead atoms. The lowest BCUT2D eigenvalue weighted by atomic mass is 9.76. The number of hydrogen-bond acceptors (Lipinski definition) is 12. The molecule has 0 fully saturated rings. The number of methoxy groups -OCH3 is 2. The Balaban J connectivity index is 1.21. The highest BCUT2D eigenvalue weighted by Crippen LogP contribution is 2.52. The molecule has 0 aliphatic carbocycles. The van der Waals surface area contributed by atoms with Gasteiger partial charge < -0.3 is 43.3 Å². The number of nitrogens with zero attached hydrogens (tertiary/aromatic N) is 5. The summed E-state index contributed by atoms with van der Waals surface area (Å²) in [6.45, 7) is 11.7. The van der Waals surface area contributed by atoms with Gasteiger partial charge in [-0.15, -0.1) is 0 Å². The van der Waals surface area contributed by atoms with Crippen molar-refractivity contribution in [2.24, 2.45) is 31.3 Å². The van der Waals surface area contributed by atoms with Crippen LogP contribution in [0.2, 0.25) is 0 Å². The molecule has 0 radical (unpaired) electrons. The first-order chi connectivity index (χ1) is 35.8. The SMILES string of the molecule is COc1cc(-c2cn(C)c(=O)c3[nH]ccc23)c2c(c1)N(C(CC(C)(C)C(C(=O)O)N1C(=O)C(C(C)C)Oc3c(-c4cn(C)c(=O)c5c4ccn5S(=O)(=O)c4ccc(C)cc4)cc(OC)cc31)C(=O)O)C(=O)C(C(C)C)O2. The number of hydrogen-bond donors (Lipinski definition) is 3. The van der Waals surface area contributed by atoms with Crippen LogP contribution in [0.15, 0.2) is 99.9 Å². The molecule has 0 saturated heterocycles. The average molecular weight is 1060 g/mol. The number of carbonyl (C=O) groups is 4. The highest BCUT2D eigenvalue weighted by atomic mass is 32.2. The molecule has 2 aliphatic rings.